The number of imide groups is 1. The summed E-state index contributed by atoms with van der Waals surface area (Å²) in [4.78, 5) is 43.4. The van der Waals surface area contributed by atoms with Gasteiger partial charge in [-0.1, -0.05) is 17.8 Å². The summed E-state index contributed by atoms with van der Waals surface area (Å²) in [5.74, 6) is -1.01. The number of pyridine rings is 1. The molecule has 1 aromatic carbocycles. The number of halogens is 1. The first-order valence-corrected chi connectivity index (χ1v) is 11.7. The lowest BCUT2D eigenvalue weighted by Crippen LogP contribution is -2.27. The van der Waals surface area contributed by atoms with E-state index < -0.39 is 28.4 Å². The summed E-state index contributed by atoms with van der Waals surface area (Å²) in [6.07, 6.45) is 1.53. The fourth-order valence-electron chi connectivity index (χ4n) is 3.38. The molecule has 10 nitrogen and oxygen atoms in total. The molecule has 2 atom stereocenters. The molecule has 2 N–H and O–H groups in total. The zero-order chi connectivity index (χ0) is 23.8. The zero-order valence-electron chi connectivity index (χ0n) is 17.4. The van der Waals surface area contributed by atoms with Crippen LogP contribution in [-0.2, 0) is 16.0 Å². The van der Waals surface area contributed by atoms with Crippen LogP contribution in [0.25, 0.3) is 21.3 Å². The van der Waals surface area contributed by atoms with E-state index in [9.17, 15) is 18.8 Å². The summed E-state index contributed by atoms with van der Waals surface area (Å²) < 4.78 is 19.7. The number of rotatable bonds is 6. The molecular formula is C21H15FN6O4S2. The van der Waals surface area contributed by atoms with E-state index in [1.807, 2.05) is 18.2 Å². The first-order valence-electron chi connectivity index (χ1n) is 9.99. The van der Waals surface area contributed by atoms with Crippen LogP contribution >= 0.6 is 23.1 Å². The molecule has 1 aliphatic heterocycles. The van der Waals surface area contributed by atoms with Crippen molar-refractivity contribution in [2.75, 3.05) is 0 Å². The van der Waals surface area contributed by atoms with Crippen molar-refractivity contribution in [2.24, 2.45) is 0 Å². The Morgan fingerprint density at radius 2 is 2.06 bits per heavy atom. The van der Waals surface area contributed by atoms with Gasteiger partial charge in [-0.25, -0.2) is 9.97 Å². The van der Waals surface area contributed by atoms with E-state index in [1.165, 1.54) is 30.5 Å². The maximum atomic E-state index is 13.2. The van der Waals surface area contributed by atoms with Gasteiger partial charge in [-0.2, -0.15) is 4.39 Å². The minimum atomic E-state index is -0.793. The fraction of sp³-hybridized carbons (Fsp3) is 0.190. The lowest BCUT2D eigenvalue weighted by molar-refractivity contribution is -0.120. The molecule has 3 aromatic heterocycles. The third kappa shape index (κ3) is 4.52. The SMILES string of the molecule is CC(=O)NC(c1nnc(CC2SC(=O)NC2=O)o1)c1nc2ccc(-c3ccc(F)nc3)cc2s1. The summed E-state index contributed by atoms with van der Waals surface area (Å²) in [5, 5.41) is 12.5. The molecule has 0 spiro atoms. The fourth-order valence-corrected chi connectivity index (χ4v) is 5.24. The summed E-state index contributed by atoms with van der Waals surface area (Å²) >= 11 is 2.20. The molecule has 4 aromatic rings. The molecule has 5 rings (SSSR count). The summed E-state index contributed by atoms with van der Waals surface area (Å²) in [6, 6.07) is 7.72. The molecule has 172 valence electrons. The first kappa shape index (κ1) is 22.1. The smallest absolute Gasteiger partial charge is 0.286 e. The Bertz CT molecular complexity index is 1420. The van der Waals surface area contributed by atoms with Gasteiger partial charge in [0, 0.05) is 25.1 Å². The predicted octanol–water partition coefficient (Wildman–Crippen LogP) is 3.00. The van der Waals surface area contributed by atoms with Gasteiger partial charge >= 0.3 is 0 Å². The van der Waals surface area contributed by atoms with Crippen LogP contribution in [-0.4, -0.2) is 42.5 Å². The number of hydrogen-bond acceptors (Lipinski definition) is 10. The van der Waals surface area contributed by atoms with Gasteiger partial charge in [-0.05, 0) is 29.8 Å². The average Bonchev–Trinajstić information content (AvgIpc) is 3.51. The maximum Gasteiger partial charge on any atom is 0.286 e. The topological polar surface area (TPSA) is 140 Å². The van der Waals surface area contributed by atoms with Gasteiger partial charge in [0.05, 0.1) is 10.2 Å². The number of aromatic nitrogens is 4. The zero-order valence-corrected chi connectivity index (χ0v) is 19.1. The van der Waals surface area contributed by atoms with Crippen LogP contribution in [0.15, 0.2) is 40.9 Å². The van der Waals surface area contributed by atoms with Crippen LogP contribution in [0.2, 0.25) is 0 Å². The number of thioether (sulfide) groups is 1. The second kappa shape index (κ2) is 8.91. The van der Waals surface area contributed by atoms with E-state index >= 15 is 0 Å². The summed E-state index contributed by atoms with van der Waals surface area (Å²) in [5.41, 5.74) is 2.30. The van der Waals surface area contributed by atoms with Gasteiger partial charge in [-0.3, -0.25) is 19.7 Å². The monoisotopic (exact) mass is 498 g/mol. The second-order valence-electron chi connectivity index (χ2n) is 7.36. The Hall–Kier alpha value is -3.71. The molecule has 0 aliphatic carbocycles. The number of hydrogen-bond donors (Lipinski definition) is 2. The van der Waals surface area contributed by atoms with Crippen LogP contribution in [0.1, 0.15) is 29.8 Å². The number of thiazole rings is 1. The van der Waals surface area contributed by atoms with Crippen molar-refractivity contribution >= 4 is 50.4 Å². The van der Waals surface area contributed by atoms with Crippen molar-refractivity contribution in [2.45, 2.75) is 24.6 Å². The summed E-state index contributed by atoms with van der Waals surface area (Å²) in [7, 11) is 0. The number of nitrogens with one attached hydrogen (secondary N) is 2. The van der Waals surface area contributed by atoms with Crippen molar-refractivity contribution in [1.82, 2.24) is 30.8 Å². The van der Waals surface area contributed by atoms with E-state index in [1.54, 1.807) is 6.07 Å². The third-order valence-corrected chi connectivity index (χ3v) is 6.98. The quantitative estimate of drug-likeness (QED) is 0.384. The van der Waals surface area contributed by atoms with Crippen LogP contribution in [0, 0.1) is 5.95 Å². The predicted molar refractivity (Wildman–Crippen MR) is 121 cm³/mol. The van der Waals surface area contributed by atoms with Crippen LogP contribution < -0.4 is 10.6 Å². The van der Waals surface area contributed by atoms with Crippen molar-refractivity contribution in [3.63, 3.8) is 0 Å². The van der Waals surface area contributed by atoms with Crippen LogP contribution in [0.4, 0.5) is 9.18 Å². The molecule has 13 heteroatoms. The van der Waals surface area contributed by atoms with Crippen molar-refractivity contribution < 1.29 is 23.2 Å². The van der Waals surface area contributed by atoms with Gasteiger partial charge in [0.2, 0.25) is 29.5 Å². The number of nitrogens with zero attached hydrogens (tertiary/aromatic N) is 4. The van der Waals surface area contributed by atoms with Crippen LogP contribution in [0.5, 0.6) is 0 Å². The summed E-state index contributed by atoms with van der Waals surface area (Å²) in [6.45, 7) is 1.36. The van der Waals surface area contributed by atoms with E-state index in [2.05, 4.69) is 30.8 Å². The second-order valence-corrected chi connectivity index (χ2v) is 9.60. The Kier molecular flexibility index (Phi) is 5.79. The van der Waals surface area contributed by atoms with Crippen molar-refractivity contribution in [3.8, 4) is 11.1 Å². The highest BCUT2D eigenvalue weighted by Gasteiger charge is 2.34. The number of fused-ring (bicyclic) bond motifs is 1. The highest BCUT2D eigenvalue weighted by atomic mass is 32.2. The van der Waals surface area contributed by atoms with Gasteiger partial charge in [0.15, 0.2) is 6.04 Å². The molecule has 34 heavy (non-hydrogen) atoms. The van der Waals surface area contributed by atoms with Gasteiger partial charge in [-0.15, -0.1) is 21.5 Å². The lowest BCUT2D eigenvalue weighted by atomic mass is 10.1. The molecule has 1 aliphatic rings. The normalized spacial score (nSPS) is 16.6. The van der Waals surface area contributed by atoms with E-state index in [0.29, 0.717) is 10.5 Å². The Labute approximate surface area is 199 Å². The highest BCUT2D eigenvalue weighted by molar-refractivity contribution is 8.15. The number of benzene rings is 1. The van der Waals surface area contributed by atoms with E-state index in [-0.39, 0.29) is 24.1 Å². The van der Waals surface area contributed by atoms with Crippen LogP contribution in [0.3, 0.4) is 0 Å². The average molecular weight is 499 g/mol. The molecule has 0 saturated carbocycles. The third-order valence-electron chi connectivity index (χ3n) is 4.92. The largest absolute Gasteiger partial charge is 0.422 e. The molecule has 0 bridgehead atoms. The molecule has 1 fully saturated rings. The van der Waals surface area contributed by atoms with Gasteiger partial charge < -0.3 is 9.73 Å². The minimum Gasteiger partial charge on any atom is -0.422 e. The lowest BCUT2D eigenvalue weighted by Gasteiger charge is -2.10. The first-order chi connectivity index (χ1) is 16.4. The molecule has 3 amide bonds. The van der Waals surface area contributed by atoms with Gasteiger partial charge in [0.1, 0.15) is 10.3 Å². The van der Waals surface area contributed by atoms with Crippen molar-refractivity contribution in [3.05, 3.63) is 59.3 Å². The molecule has 0 radical (unpaired) electrons. The molecular weight excluding hydrogens is 483 g/mol. The minimum absolute atomic E-state index is 0.0803. The number of carbonyl (C=O) groups is 3. The highest BCUT2D eigenvalue weighted by Crippen LogP contribution is 2.33. The Balaban J connectivity index is 1.44. The Morgan fingerprint density at radius 3 is 2.76 bits per heavy atom. The number of carbonyl (C=O) groups excluding carboxylic acids is 3. The van der Waals surface area contributed by atoms with E-state index in [0.717, 1.165) is 27.6 Å². The Morgan fingerprint density at radius 1 is 1.24 bits per heavy atom. The number of amides is 3. The van der Waals surface area contributed by atoms with Gasteiger partial charge in [0.25, 0.3) is 5.24 Å². The van der Waals surface area contributed by atoms with E-state index in [4.69, 9.17) is 4.42 Å². The van der Waals surface area contributed by atoms with Crippen molar-refractivity contribution in [1.29, 1.82) is 0 Å². The molecule has 4 heterocycles. The molecule has 1 saturated heterocycles. The maximum absolute atomic E-state index is 13.2. The molecule has 2 unspecified atom stereocenters. The standard InChI is InChI=1S/C21H15FN6O4S2/c1-9(29)24-17(19-28-27-16(32-19)7-14-18(30)26-21(31)34-14)20-25-12-4-2-10(6-13(12)33-20)11-3-5-15(22)23-8-11/h2-6,8,14,17H,7H2,1H3,(H,24,29)(H,26,30,31).